The molecule has 5 N–H and O–H groups in total. The van der Waals surface area contributed by atoms with Crippen LogP contribution < -0.4 is 20.9 Å². The first-order valence-corrected chi connectivity index (χ1v) is 8.98. The molecule has 0 aliphatic heterocycles. The number of halogens is 1. The quantitative estimate of drug-likeness (QED) is 0.615. The van der Waals surface area contributed by atoms with Crippen molar-refractivity contribution in [1.29, 1.82) is 0 Å². The number of benzene rings is 1. The van der Waals surface area contributed by atoms with E-state index in [0.29, 0.717) is 33.9 Å². The van der Waals surface area contributed by atoms with Gasteiger partial charge in [-0.15, -0.1) is 0 Å². The van der Waals surface area contributed by atoms with E-state index < -0.39 is 20.7 Å². The fourth-order valence-corrected chi connectivity index (χ4v) is 3.05. The van der Waals surface area contributed by atoms with Gasteiger partial charge in [0.15, 0.2) is 5.65 Å². The summed E-state index contributed by atoms with van der Waals surface area (Å²) >= 11 is 0. The first kappa shape index (κ1) is 17.8. The van der Waals surface area contributed by atoms with Gasteiger partial charge in [0.05, 0.1) is 24.7 Å². The molecule has 2 heterocycles. The smallest absolute Gasteiger partial charge is 0.240 e. The van der Waals surface area contributed by atoms with Gasteiger partial charge in [-0.3, -0.25) is 0 Å². The molecule has 3 aromatic rings. The molecule has 0 atom stereocenters. The Morgan fingerprint density at radius 1 is 1.27 bits per heavy atom. The lowest BCUT2D eigenvalue weighted by Gasteiger charge is -2.13. The summed E-state index contributed by atoms with van der Waals surface area (Å²) in [6, 6.07) is 7.14. The molecule has 0 saturated carbocycles. The molecule has 0 amide bonds. The molecule has 26 heavy (non-hydrogen) atoms. The minimum Gasteiger partial charge on any atom is -0.481 e. The molecule has 2 aromatic heterocycles. The van der Waals surface area contributed by atoms with Crippen molar-refractivity contribution in [2.75, 3.05) is 18.2 Å². The van der Waals surface area contributed by atoms with Gasteiger partial charge in [0.1, 0.15) is 10.7 Å². The zero-order chi connectivity index (χ0) is 18.9. The first-order valence-electron chi connectivity index (χ1n) is 7.44. The summed E-state index contributed by atoms with van der Waals surface area (Å²) in [6.07, 6.45) is 1.46. The van der Waals surface area contributed by atoms with E-state index in [1.165, 1.54) is 19.4 Å². The zero-order valence-corrected chi connectivity index (χ0v) is 14.5. The van der Waals surface area contributed by atoms with Crippen molar-refractivity contribution in [2.24, 2.45) is 5.14 Å². The lowest BCUT2D eigenvalue weighted by Crippen LogP contribution is -2.14. The highest BCUT2D eigenvalue weighted by molar-refractivity contribution is 7.89. The number of nitrogens with zero attached hydrogens (tertiary/aromatic N) is 2. The number of pyridine rings is 2. The summed E-state index contributed by atoms with van der Waals surface area (Å²) < 4.78 is 41.6. The normalized spacial score (nSPS) is 11.5. The predicted octanol–water partition coefficient (Wildman–Crippen LogP) is 1.62. The number of ether oxygens (including phenoxy) is 1. The molecular weight excluding hydrogens is 361 g/mol. The molecule has 10 heteroatoms. The minimum atomic E-state index is -4.10. The maximum absolute atomic E-state index is 13.9. The Balaban J connectivity index is 1.90. The van der Waals surface area contributed by atoms with Crippen molar-refractivity contribution >= 4 is 32.4 Å². The van der Waals surface area contributed by atoms with Gasteiger partial charge < -0.3 is 15.8 Å². The topological polar surface area (TPSA) is 133 Å². The van der Waals surface area contributed by atoms with Crippen molar-refractivity contribution < 1.29 is 17.5 Å². The van der Waals surface area contributed by atoms with E-state index in [4.69, 9.17) is 15.6 Å². The molecule has 0 fully saturated rings. The number of nitrogens with two attached hydrogens (primary N) is 2. The third kappa shape index (κ3) is 3.51. The van der Waals surface area contributed by atoms with Crippen LogP contribution >= 0.6 is 0 Å². The van der Waals surface area contributed by atoms with Crippen LogP contribution in [0.1, 0.15) is 5.56 Å². The maximum atomic E-state index is 13.9. The van der Waals surface area contributed by atoms with Crippen LogP contribution in [0.3, 0.4) is 0 Å². The summed E-state index contributed by atoms with van der Waals surface area (Å²) in [7, 11) is -2.60. The standard InChI is InChI=1S/C16H16FN5O3S/c1-25-14-5-3-10-15(12(18)8-21-16(10)22-14)20-7-9-2-4-13(11(17)6-9)26(19,23)24/h2-6,8H,7,18H2,1H3,(H2,19,23,24)(H,20,21,22). The molecule has 0 saturated heterocycles. The van der Waals surface area contributed by atoms with Gasteiger partial charge in [-0.25, -0.2) is 22.9 Å². The number of methoxy groups -OCH3 is 1. The van der Waals surface area contributed by atoms with Crippen LogP contribution in [-0.2, 0) is 16.6 Å². The van der Waals surface area contributed by atoms with Crippen molar-refractivity contribution in [3.63, 3.8) is 0 Å². The summed E-state index contributed by atoms with van der Waals surface area (Å²) in [6.45, 7) is 0.206. The van der Waals surface area contributed by atoms with E-state index in [9.17, 15) is 12.8 Å². The van der Waals surface area contributed by atoms with Crippen LogP contribution in [0.25, 0.3) is 11.0 Å². The summed E-state index contributed by atoms with van der Waals surface area (Å²) in [5, 5.41) is 8.73. The first-order chi connectivity index (χ1) is 12.3. The number of rotatable bonds is 5. The number of primary sulfonamides is 1. The molecule has 3 rings (SSSR count). The lowest BCUT2D eigenvalue weighted by molar-refractivity contribution is 0.399. The van der Waals surface area contributed by atoms with Crippen LogP contribution in [0.5, 0.6) is 5.88 Å². The number of hydrogen-bond donors (Lipinski definition) is 3. The Morgan fingerprint density at radius 3 is 2.69 bits per heavy atom. The van der Waals surface area contributed by atoms with E-state index in [1.54, 1.807) is 12.1 Å². The second-order valence-electron chi connectivity index (χ2n) is 5.48. The fourth-order valence-electron chi connectivity index (χ4n) is 2.46. The minimum absolute atomic E-state index is 0.206. The maximum Gasteiger partial charge on any atom is 0.240 e. The lowest BCUT2D eigenvalue weighted by atomic mass is 10.2. The molecular formula is C16H16FN5O3S. The highest BCUT2D eigenvalue weighted by atomic mass is 32.2. The highest BCUT2D eigenvalue weighted by Crippen LogP contribution is 2.29. The zero-order valence-electron chi connectivity index (χ0n) is 13.7. The predicted molar refractivity (Wildman–Crippen MR) is 95.6 cm³/mol. The van der Waals surface area contributed by atoms with Crippen LogP contribution in [0, 0.1) is 5.82 Å². The molecule has 0 aliphatic carbocycles. The molecule has 8 nitrogen and oxygen atoms in total. The monoisotopic (exact) mass is 377 g/mol. The van der Waals surface area contributed by atoms with Gasteiger partial charge in [-0.05, 0) is 23.8 Å². The molecule has 136 valence electrons. The number of sulfonamides is 1. The second kappa shape index (κ2) is 6.73. The van der Waals surface area contributed by atoms with E-state index in [2.05, 4.69) is 15.3 Å². The Morgan fingerprint density at radius 2 is 2.04 bits per heavy atom. The van der Waals surface area contributed by atoms with Crippen LogP contribution in [-0.4, -0.2) is 25.5 Å². The van der Waals surface area contributed by atoms with Crippen LogP contribution in [0.2, 0.25) is 0 Å². The van der Waals surface area contributed by atoms with Crippen LogP contribution in [0.4, 0.5) is 15.8 Å². The van der Waals surface area contributed by atoms with Crippen molar-refractivity contribution in [1.82, 2.24) is 9.97 Å². The second-order valence-corrected chi connectivity index (χ2v) is 7.01. The Labute approximate surface area is 149 Å². The van der Waals surface area contributed by atoms with Gasteiger partial charge >= 0.3 is 0 Å². The Hall–Kier alpha value is -2.98. The Bertz CT molecular complexity index is 1090. The van der Waals surface area contributed by atoms with Gasteiger partial charge in [0.2, 0.25) is 15.9 Å². The van der Waals surface area contributed by atoms with E-state index >= 15 is 0 Å². The van der Waals surface area contributed by atoms with E-state index in [1.807, 2.05) is 0 Å². The third-order valence-electron chi connectivity index (χ3n) is 3.71. The van der Waals surface area contributed by atoms with Crippen molar-refractivity contribution in [2.45, 2.75) is 11.4 Å². The van der Waals surface area contributed by atoms with Gasteiger partial charge in [-0.2, -0.15) is 4.98 Å². The number of aromatic nitrogens is 2. The fraction of sp³-hybridized carbons (Fsp3) is 0.125. The molecule has 0 aliphatic rings. The van der Waals surface area contributed by atoms with Crippen molar-refractivity contribution in [3.05, 3.63) is 47.9 Å². The summed E-state index contributed by atoms with van der Waals surface area (Å²) in [5.41, 5.74) is 7.91. The number of fused-ring (bicyclic) bond motifs is 1. The van der Waals surface area contributed by atoms with Crippen molar-refractivity contribution in [3.8, 4) is 5.88 Å². The number of anilines is 2. The van der Waals surface area contributed by atoms with Gasteiger partial charge in [0, 0.05) is 18.0 Å². The average molecular weight is 377 g/mol. The molecule has 0 spiro atoms. The third-order valence-corrected chi connectivity index (χ3v) is 4.66. The molecule has 0 bridgehead atoms. The highest BCUT2D eigenvalue weighted by Gasteiger charge is 2.15. The van der Waals surface area contributed by atoms with E-state index in [0.717, 1.165) is 12.1 Å². The summed E-state index contributed by atoms with van der Waals surface area (Å²) in [5.74, 6) is -0.493. The largest absolute Gasteiger partial charge is 0.481 e. The average Bonchev–Trinajstić information content (AvgIpc) is 2.59. The SMILES string of the molecule is COc1ccc2c(NCc3ccc(S(N)(=O)=O)c(F)c3)c(N)cnc2n1. The number of nitrogen functional groups attached to an aromatic ring is 1. The molecule has 0 unspecified atom stereocenters. The summed E-state index contributed by atoms with van der Waals surface area (Å²) in [4.78, 5) is 7.85. The van der Waals surface area contributed by atoms with Crippen LogP contribution in [0.15, 0.2) is 41.4 Å². The number of nitrogens with one attached hydrogen (secondary N) is 1. The van der Waals surface area contributed by atoms with Gasteiger partial charge in [-0.1, -0.05) is 6.07 Å². The molecule has 1 aromatic carbocycles. The Kier molecular flexibility index (Phi) is 4.62. The van der Waals surface area contributed by atoms with E-state index in [-0.39, 0.29) is 6.54 Å². The molecule has 0 radical (unpaired) electrons. The number of hydrogen-bond acceptors (Lipinski definition) is 7. The van der Waals surface area contributed by atoms with Gasteiger partial charge in [0.25, 0.3) is 0 Å².